The Balaban J connectivity index is 1.21. The van der Waals surface area contributed by atoms with Crippen LogP contribution >= 0.6 is 0 Å². The van der Waals surface area contributed by atoms with Crippen LogP contribution in [0.25, 0.3) is 11.1 Å². The summed E-state index contributed by atoms with van der Waals surface area (Å²) < 4.78 is 11.0. The Morgan fingerprint density at radius 3 is 2.23 bits per heavy atom. The van der Waals surface area contributed by atoms with Crippen molar-refractivity contribution in [3.8, 4) is 11.1 Å². The molecule has 4 atom stereocenters. The van der Waals surface area contributed by atoms with Gasteiger partial charge in [-0.15, -0.1) is 0 Å². The first-order valence-electron chi connectivity index (χ1n) is 12.1. The van der Waals surface area contributed by atoms with Crippen LogP contribution in [0.4, 0.5) is 4.79 Å². The molecule has 1 saturated carbocycles. The molecule has 0 radical (unpaired) electrons. The molecule has 2 fully saturated rings. The Morgan fingerprint density at radius 1 is 0.971 bits per heavy atom. The van der Waals surface area contributed by atoms with Crippen LogP contribution < -0.4 is 5.32 Å². The highest BCUT2D eigenvalue weighted by Gasteiger charge is 2.44. The van der Waals surface area contributed by atoms with E-state index >= 15 is 0 Å². The van der Waals surface area contributed by atoms with E-state index in [2.05, 4.69) is 29.6 Å². The summed E-state index contributed by atoms with van der Waals surface area (Å²) in [5.74, 6) is -2.25. The number of carbonyl (C=O) groups is 3. The van der Waals surface area contributed by atoms with Gasteiger partial charge >= 0.3 is 12.1 Å². The number of nitrogens with one attached hydrogen (secondary N) is 1. The average molecular weight is 479 g/mol. The van der Waals surface area contributed by atoms with Gasteiger partial charge in [0.1, 0.15) is 12.5 Å². The van der Waals surface area contributed by atoms with Gasteiger partial charge in [0.05, 0.1) is 12.0 Å². The number of carboxylic acid groups (broad SMARTS) is 1. The highest BCUT2D eigenvalue weighted by Crippen LogP contribution is 2.44. The van der Waals surface area contributed by atoms with Crippen molar-refractivity contribution in [3.63, 3.8) is 0 Å². The highest BCUT2D eigenvalue weighted by molar-refractivity contribution is 5.83. The molecule has 8 heteroatoms. The third-order valence-electron chi connectivity index (χ3n) is 7.68. The highest BCUT2D eigenvalue weighted by atomic mass is 16.5. The molecule has 184 valence electrons. The number of nitrogens with zero attached hydrogens (tertiary/aromatic N) is 1. The van der Waals surface area contributed by atoms with Gasteiger partial charge < -0.3 is 24.8 Å². The summed E-state index contributed by atoms with van der Waals surface area (Å²) in [5, 5.41) is 12.3. The van der Waals surface area contributed by atoms with Gasteiger partial charge in [0.15, 0.2) is 0 Å². The topological polar surface area (TPSA) is 105 Å². The maximum absolute atomic E-state index is 13.2. The van der Waals surface area contributed by atoms with Crippen LogP contribution in [0.1, 0.15) is 36.3 Å². The van der Waals surface area contributed by atoms with E-state index in [-0.39, 0.29) is 43.5 Å². The number of benzene rings is 2. The van der Waals surface area contributed by atoms with E-state index < -0.39 is 24.1 Å². The molecule has 1 saturated heterocycles. The van der Waals surface area contributed by atoms with E-state index in [4.69, 9.17) is 9.47 Å². The lowest BCUT2D eigenvalue weighted by Gasteiger charge is -2.25. The Hall–Kier alpha value is -3.39. The maximum atomic E-state index is 13.2. The molecule has 2 aromatic rings. The number of rotatable bonds is 6. The SMILES string of the molecule is COC1CN(C(=O)[C@@H]2CCC[C@@H]2NC(=O)OCC2c3ccccc3-c3ccccc32)CC1C(=O)O. The molecule has 0 bridgehead atoms. The fourth-order valence-corrected chi connectivity index (χ4v) is 5.88. The summed E-state index contributed by atoms with van der Waals surface area (Å²) in [6.45, 7) is 0.592. The van der Waals surface area contributed by atoms with Gasteiger partial charge in [0, 0.05) is 32.2 Å². The van der Waals surface area contributed by atoms with Crippen molar-refractivity contribution in [2.45, 2.75) is 37.3 Å². The lowest BCUT2D eigenvalue weighted by molar-refractivity contribution is -0.144. The van der Waals surface area contributed by atoms with Crippen LogP contribution in [-0.4, -0.2) is 66.9 Å². The van der Waals surface area contributed by atoms with E-state index in [0.29, 0.717) is 12.8 Å². The molecule has 2 amide bonds. The zero-order chi connectivity index (χ0) is 24.5. The van der Waals surface area contributed by atoms with Crippen molar-refractivity contribution in [2.24, 2.45) is 11.8 Å². The van der Waals surface area contributed by atoms with Crippen LogP contribution in [0.5, 0.6) is 0 Å². The molecular formula is C27H30N2O6. The number of amides is 2. The number of alkyl carbamates (subject to hydrolysis) is 1. The van der Waals surface area contributed by atoms with Gasteiger partial charge in [-0.25, -0.2) is 4.79 Å². The average Bonchev–Trinajstić information content (AvgIpc) is 3.58. The molecule has 2 aliphatic carbocycles. The number of aliphatic carboxylic acids is 1. The molecule has 0 spiro atoms. The Labute approximate surface area is 204 Å². The monoisotopic (exact) mass is 478 g/mol. The second kappa shape index (κ2) is 9.70. The van der Waals surface area contributed by atoms with Gasteiger partial charge in [0.25, 0.3) is 0 Å². The van der Waals surface area contributed by atoms with Crippen molar-refractivity contribution in [3.05, 3.63) is 59.7 Å². The van der Waals surface area contributed by atoms with Gasteiger partial charge in [0.2, 0.25) is 5.91 Å². The second-order valence-corrected chi connectivity index (χ2v) is 9.58. The number of carbonyl (C=O) groups excluding carboxylic acids is 2. The molecule has 1 aliphatic heterocycles. The van der Waals surface area contributed by atoms with Gasteiger partial charge in [-0.1, -0.05) is 55.0 Å². The van der Waals surface area contributed by atoms with E-state index in [1.807, 2.05) is 24.3 Å². The summed E-state index contributed by atoms with van der Waals surface area (Å²) in [6.07, 6.45) is 1.10. The molecule has 8 nitrogen and oxygen atoms in total. The number of methoxy groups -OCH3 is 1. The fraction of sp³-hybridized carbons (Fsp3) is 0.444. The third-order valence-corrected chi connectivity index (χ3v) is 7.68. The smallest absolute Gasteiger partial charge is 0.407 e. The van der Waals surface area contributed by atoms with Crippen LogP contribution in [0.2, 0.25) is 0 Å². The largest absolute Gasteiger partial charge is 0.481 e. The van der Waals surface area contributed by atoms with Crippen LogP contribution in [0.3, 0.4) is 0 Å². The van der Waals surface area contributed by atoms with Crippen LogP contribution in [0, 0.1) is 11.8 Å². The number of likely N-dealkylation sites (tertiary alicyclic amines) is 1. The van der Waals surface area contributed by atoms with E-state index in [9.17, 15) is 19.5 Å². The minimum Gasteiger partial charge on any atom is -0.481 e. The predicted octanol–water partition coefficient (Wildman–Crippen LogP) is 3.25. The van der Waals surface area contributed by atoms with E-state index in [0.717, 1.165) is 17.5 Å². The zero-order valence-corrected chi connectivity index (χ0v) is 19.7. The Kier molecular flexibility index (Phi) is 6.47. The molecule has 5 rings (SSSR count). The summed E-state index contributed by atoms with van der Waals surface area (Å²) in [4.78, 5) is 39.0. The first-order valence-corrected chi connectivity index (χ1v) is 12.1. The molecule has 3 aliphatic rings. The molecule has 1 heterocycles. The van der Waals surface area contributed by atoms with E-state index in [1.165, 1.54) is 18.2 Å². The second-order valence-electron chi connectivity index (χ2n) is 9.58. The lowest BCUT2D eigenvalue weighted by Crippen LogP contribution is -2.45. The van der Waals surface area contributed by atoms with Crippen molar-refractivity contribution >= 4 is 18.0 Å². The molecule has 2 N–H and O–H groups in total. The fourth-order valence-electron chi connectivity index (χ4n) is 5.88. The molecule has 0 aromatic heterocycles. The number of hydrogen-bond acceptors (Lipinski definition) is 5. The molecule has 2 unspecified atom stereocenters. The van der Waals surface area contributed by atoms with Crippen LogP contribution in [0.15, 0.2) is 48.5 Å². The first-order chi connectivity index (χ1) is 17.0. The van der Waals surface area contributed by atoms with E-state index in [1.54, 1.807) is 4.90 Å². The summed E-state index contributed by atoms with van der Waals surface area (Å²) in [7, 11) is 1.46. The normalized spacial score (nSPS) is 25.2. The van der Waals surface area contributed by atoms with Crippen molar-refractivity contribution in [2.75, 3.05) is 26.8 Å². The predicted molar refractivity (Wildman–Crippen MR) is 128 cm³/mol. The standard InChI is InChI=1S/C27H30N2O6/c1-34-24-14-29(13-21(24)26(31)32)25(30)20-11-6-12-23(20)28-27(33)35-15-22-18-9-4-2-7-16(18)17-8-3-5-10-19(17)22/h2-5,7-10,20-24H,6,11-15H2,1H3,(H,28,33)(H,31,32)/t20-,21?,23+,24?/m1/s1. The van der Waals surface area contributed by atoms with Crippen molar-refractivity contribution in [1.29, 1.82) is 0 Å². The summed E-state index contributed by atoms with van der Waals surface area (Å²) >= 11 is 0. The van der Waals surface area contributed by atoms with Gasteiger partial charge in [-0.2, -0.15) is 0 Å². The summed E-state index contributed by atoms with van der Waals surface area (Å²) in [6, 6.07) is 16.0. The lowest BCUT2D eigenvalue weighted by atomic mass is 9.98. The summed E-state index contributed by atoms with van der Waals surface area (Å²) in [5.41, 5.74) is 4.62. The molecule has 2 aromatic carbocycles. The number of fused-ring (bicyclic) bond motifs is 3. The number of ether oxygens (including phenoxy) is 2. The molecular weight excluding hydrogens is 448 g/mol. The Bertz CT molecular complexity index is 1090. The quantitative estimate of drug-likeness (QED) is 0.660. The van der Waals surface area contributed by atoms with Gasteiger partial charge in [-0.3, -0.25) is 9.59 Å². The molecule has 35 heavy (non-hydrogen) atoms. The van der Waals surface area contributed by atoms with Crippen molar-refractivity contribution < 1.29 is 29.0 Å². The third kappa shape index (κ3) is 4.38. The van der Waals surface area contributed by atoms with Crippen LogP contribution in [-0.2, 0) is 19.1 Å². The zero-order valence-electron chi connectivity index (χ0n) is 19.7. The minimum atomic E-state index is -0.966. The number of carboxylic acids is 1. The van der Waals surface area contributed by atoms with Gasteiger partial charge in [-0.05, 0) is 35.1 Å². The number of hydrogen-bond donors (Lipinski definition) is 2. The Morgan fingerprint density at radius 2 is 1.63 bits per heavy atom. The maximum Gasteiger partial charge on any atom is 0.407 e. The van der Waals surface area contributed by atoms with Crippen molar-refractivity contribution in [1.82, 2.24) is 10.2 Å². The first kappa shape index (κ1) is 23.4. The minimum absolute atomic E-state index is 0.0299.